The third-order valence-corrected chi connectivity index (χ3v) is 5.47. The van der Waals surface area contributed by atoms with Gasteiger partial charge in [0.2, 0.25) is 0 Å². The normalized spacial score (nSPS) is 15.8. The van der Waals surface area contributed by atoms with Crippen LogP contribution in [0.1, 0.15) is 29.8 Å². The van der Waals surface area contributed by atoms with Gasteiger partial charge in [0.05, 0.1) is 6.61 Å². The minimum atomic E-state index is -4.60. The van der Waals surface area contributed by atoms with Gasteiger partial charge in [-0.05, 0) is 44.7 Å². The minimum Gasteiger partial charge on any atom is -0.493 e. The maximum absolute atomic E-state index is 13.2. The monoisotopic (exact) mass is 405 g/mol. The molecule has 2 aromatic heterocycles. The second-order valence-electron chi connectivity index (χ2n) is 7.38. The van der Waals surface area contributed by atoms with E-state index < -0.39 is 12.0 Å². The van der Waals surface area contributed by atoms with Gasteiger partial charge in [0, 0.05) is 24.2 Å². The zero-order valence-electron chi connectivity index (χ0n) is 16.3. The van der Waals surface area contributed by atoms with Gasteiger partial charge in [-0.2, -0.15) is 17.7 Å². The molecule has 1 fully saturated rings. The summed E-state index contributed by atoms with van der Waals surface area (Å²) in [5.41, 5.74) is 1.63. The molecule has 0 unspecified atom stereocenters. The number of rotatable bonds is 4. The van der Waals surface area contributed by atoms with Gasteiger partial charge < -0.3 is 9.64 Å². The third kappa shape index (κ3) is 3.86. The lowest BCUT2D eigenvalue weighted by atomic mass is 9.97. The van der Waals surface area contributed by atoms with Crippen LogP contribution in [0, 0.1) is 19.8 Å². The molecule has 1 saturated heterocycles. The Hall–Kier alpha value is -2.84. The predicted octanol–water partition coefficient (Wildman–Crippen LogP) is 4.06. The van der Waals surface area contributed by atoms with Gasteiger partial charge in [-0.25, -0.2) is 0 Å². The summed E-state index contributed by atoms with van der Waals surface area (Å²) in [5, 5.41) is 11.3. The Morgan fingerprint density at radius 3 is 2.38 bits per heavy atom. The molecule has 1 aliphatic heterocycles. The Morgan fingerprint density at radius 1 is 1.03 bits per heavy atom. The quantitative estimate of drug-likeness (QED) is 0.655. The number of halogens is 3. The number of para-hydroxylation sites is 1. The highest BCUT2D eigenvalue weighted by molar-refractivity contribution is 5.59. The molecule has 0 saturated carbocycles. The molecule has 6 nitrogen and oxygen atoms in total. The van der Waals surface area contributed by atoms with E-state index in [0.717, 1.165) is 28.7 Å². The summed E-state index contributed by atoms with van der Waals surface area (Å²) in [6, 6.07) is 9.67. The molecule has 0 N–H and O–H groups in total. The van der Waals surface area contributed by atoms with Crippen molar-refractivity contribution in [2.24, 2.45) is 5.92 Å². The highest BCUT2D eigenvalue weighted by Crippen LogP contribution is 2.32. The molecule has 0 amide bonds. The Labute approximate surface area is 166 Å². The van der Waals surface area contributed by atoms with E-state index in [2.05, 4.69) is 15.3 Å². The second kappa shape index (κ2) is 7.53. The van der Waals surface area contributed by atoms with Crippen molar-refractivity contribution in [1.82, 2.24) is 19.8 Å². The van der Waals surface area contributed by atoms with E-state index in [-0.39, 0.29) is 5.65 Å². The van der Waals surface area contributed by atoms with E-state index in [0.29, 0.717) is 37.0 Å². The summed E-state index contributed by atoms with van der Waals surface area (Å²) < 4.78 is 46.4. The Morgan fingerprint density at radius 2 is 1.72 bits per heavy atom. The molecule has 4 rings (SSSR count). The van der Waals surface area contributed by atoms with Gasteiger partial charge in [-0.15, -0.1) is 15.3 Å². The first-order valence-corrected chi connectivity index (χ1v) is 9.57. The van der Waals surface area contributed by atoms with Crippen molar-refractivity contribution >= 4 is 11.5 Å². The maximum Gasteiger partial charge on any atom is 0.453 e. The zero-order chi connectivity index (χ0) is 20.6. The summed E-state index contributed by atoms with van der Waals surface area (Å²) in [6.45, 7) is 5.68. The number of alkyl halides is 3. The Balaban J connectivity index is 1.50. The first kappa shape index (κ1) is 19.5. The zero-order valence-corrected chi connectivity index (χ0v) is 16.3. The Bertz CT molecular complexity index is 995. The highest BCUT2D eigenvalue weighted by atomic mass is 19.4. The number of piperidine rings is 1. The topological polar surface area (TPSA) is 55.5 Å². The number of ether oxygens (including phenoxy) is 1. The maximum atomic E-state index is 13.2. The fourth-order valence-electron chi connectivity index (χ4n) is 3.63. The number of hydrogen-bond acceptors (Lipinski definition) is 5. The Kier molecular flexibility index (Phi) is 5.06. The van der Waals surface area contributed by atoms with Gasteiger partial charge in [0.1, 0.15) is 5.75 Å². The number of nitrogens with zero attached hydrogens (tertiary/aromatic N) is 5. The van der Waals surface area contributed by atoms with Crippen LogP contribution in [-0.4, -0.2) is 39.5 Å². The van der Waals surface area contributed by atoms with Crippen molar-refractivity contribution in [2.75, 3.05) is 24.6 Å². The van der Waals surface area contributed by atoms with Crippen molar-refractivity contribution in [2.45, 2.75) is 32.9 Å². The van der Waals surface area contributed by atoms with E-state index in [9.17, 15) is 13.2 Å². The SMILES string of the molecule is Cc1c(N2CCC(COc3ccccc3)CC2)nn2c(C(F)(F)F)nnc2c1C. The van der Waals surface area contributed by atoms with E-state index in [1.165, 1.54) is 0 Å². The van der Waals surface area contributed by atoms with E-state index in [1.807, 2.05) is 42.2 Å². The molecule has 0 radical (unpaired) electrons. The lowest BCUT2D eigenvalue weighted by Gasteiger charge is -2.33. The summed E-state index contributed by atoms with van der Waals surface area (Å²) in [4.78, 5) is 2.04. The third-order valence-electron chi connectivity index (χ3n) is 5.47. The summed E-state index contributed by atoms with van der Waals surface area (Å²) in [7, 11) is 0. The number of aromatic nitrogens is 4. The molecule has 3 aromatic rings. The van der Waals surface area contributed by atoms with E-state index in [4.69, 9.17) is 4.74 Å². The lowest BCUT2D eigenvalue weighted by molar-refractivity contribution is -0.146. The van der Waals surface area contributed by atoms with Crippen LogP contribution in [0.5, 0.6) is 5.75 Å². The molecule has 1 aromatic carbocycles. The number of benzene rings is 1. The number of fused-ring (bicyclic) bond motifs is 1. The highest BCUT2D eigenvalue weighted by Gasteiger charge is 2.38. The average molecular weight is 405 g/mol. The molecule has 0 atom stereocenters. The van der Waals surface area contributed by atoms with Crippen LogP contribution in [0.2, 0.25) is 0 Å². The van der Waals surface area contributed by atoms with Gasteiger partial charge in [-0.1, -0.05) is 18.2 Å². The van der Waals surface area contributed by atoms with Gasteiger partial charge >= 0.3 is 6.18 Å². The first-order chi connectivity index (χ1) is 13.8. The van der Waals surface area contributed by atoms with Gasteiger partial charge in [0.15, 0.2) is 11.5 Å². The van der Waals surface area contributed by atoms with E-state index in [1.54, 1.807) is 6.92 Å². The van der Waals surface area contributed by atoms with Crippen LogP contribution in [0.3, 0.4) is 0 Å². The first-order valence-electron chi connectivity index (χ1n) is 9.57. The molecule has 0 bridgehead atoms. The molecule has 154 valence electrons. The van der Waals surface area contributed by atoms with E-state index >= 15 is 0 Å². The summed E-state index contributed by atoms with van der Waals surface area (Å²) in [6.07, 6.45) is -2.83. The fraction of sp³-hybridized carbons (Fsp3) is 0.450. The summed E-state index contributed by atoms with van der Waals surface area (Å²) in [5.74, 6) is 0.712. The minimum absolute atomic E-state index is 0.143. The van der Waals surface area contributed by atoms with Crippen molar-refractivity contribution in [3.05, 3.63) is 47.3 Å². The van der Waals surface area contributed by atoms with Crippen LogP contribution in [0.15, 0.2) is 30.3 Å². The van der Waals surface area contributed by atoms with Crippen LogP contribution >= 0.6 is 0 Å². The van der Waals surface area contributed by atoms with Crippen molar-refractivity contribution < 1.29 is 17.9 Å². The molecule has 1 aliphatic rings. The standard InChI is InChI=1S/C20H22F3N5O/c1-13-14(2)18(26-28-17(13)24-25-19(28)20(21,22)23)27-10-8-15(9-11-27)12-29-16-6-4-3-5-7-16/h3-7,15H,8-12H2,1-2H3. The molecule has 29 heavy (non-hydrogen) atoms. The number of aryl methyl sites for hydroxylation is 1. The number of hydrogen-bond donors (Lipinski definition) is 0. The molecular formula is C20H22F3N5O. The van der Waals surface area contributed by atoms with Crippen LogP contribution < -0.4 is 9.64 Å². The van der Waals surface area contributed by atoms with Crippen LogP contribution in [0.25, 0.3) is 5.65 Å². The van der Waals surface area contributed by atoms with Crippen LogP contribution in [0.4, 0.5) is 19.0 Å². The van der Waals surface area contributed by atoms with Gasteiger partial charge in [0.25, 0.3) is 5.82 Å². The van der Waals surface area contributed by atoms with Gasteiger partial charge in [-0.3, -0.25) is 0 Å². The average Bonchev–Trinajstić information content (AvgIpc) is 3.15. The van der Waals surface area contributed by atoms with Crippen LogP contribution in [-0.2, 0) is 6.18 Å². The molecule has 0 spiro atoms. The lowest BCUT2D eigenvalue weighted by Crippen LogP contribution is -2.37. The molecular weight excluding hydrogens is 383 g/mol. The van der Waals surface area contributed by atoms with Crippen molar-refractivity contribution in [3.63, 3.8) is 0 Å². The second-order valence-corrected chi connectivity index (χ2v) is 7.38. The molecule has 0 aliphatic carbocycles. The fourth-order valence-corrected chi connectivity index (χ4v) is 3.63. The predicted molar refractivity (Wildman–Crippen MR) is 102 cm³/mol. The van der Waals surface area contributed by atoms with Crippen molar-refractivity contribution in [3.8, 4) is 5.75 Å². The summed E-state index contributed by atoms with van der Waals surface area (Å²) >= 11 is 0. The smallest absolute Gasteiger partial charge is 0.453 e. The van der Waals surface area contributed by atoms with Crippen molar-refractivity contribution in [1.29, 1.82) is 0 Å². The molecule has 3 heterocycles. The number of anilines is 1. The largest absolute Gasteiger partial charge is 0.493 e. The molecule has 9 heteroatoms.